The first-order valence-electron chi connectivity index (χ1n) is 7.59. The number of amides is 1. The van der Waals surface area contributed by atoms with Crippen LogP contribution in [0.2, 0.25) is 0 Å². The molecule has 0 saturated carbocycles. The molecule has 1 aliphatic heterocycles. The van der Waals surface area contributed by atoms with Gasteiger partial charge in [0.2, 0.25) is 5.91 Å². The predicted molar refractivity (Wildman–Crippen MR) is 76.5 cm³/mol. The Balaban J connectivity index is 2.73. The molecule has 0 aliphatic carbocycles. The first-order valence-corrected chi connectivity index (χ1v) is 7.59. The second kappa shape index (κ2) is 7.13. The first-order chi connectivity index (χ1) is 8.59. The normalized spacial score (nSPS) is 25.8. The molecule has 18 heavy (non-hydrogen) atoms. The summed E-state index contributed by atoms with van der Waals surface area (Å²) < 4.78 is 0. The highest BCUT2D eigenvalue weighted by molar-refractivity contribution is 5.83. The highest BCUT2D eigenvalue weighted by atomic mass is 16.2. The van der Waals surface area contributed by atoms with Crippen molar-refractivity contribution in [2.45, 2.75) is 53.4 Å². The van der Waals surface area contributed by atoms with Crippen LogP contribution in [0.5, 0.6) is 0 Å². The molecule has 0 aromatic heterocycles. The van der Waals surface area contributed by atoms with Crippen molar-refractivity contribution in [3.05, 3.63) is 0 Å². The summed E-state index contributed by atoms with van der Waals surface area (Å²) >= 11 is 0. The van der Waals surface area contributed by atoms with E-state index in [4.69, 9.17) is 0 Å². The van der Waals surface area contributed by atoms with Crippen LogP contribution < -0.4 is 5.32 Å². The molecule has 1 amide bonds. The van der Waals surface area contributed by atoms with Crippen molar-refractivity contribution >= 4 is 5.91 Å². The van der Waals surface area contributed by atoms with Crippen molar-refractivity contribution in [2.24, 2.45) is 11.3 Å². The number of piperidine rings is 1. The lowest BCUT2D eigenvalue weighted by Gasteiger charge is -2.40. The molecular weight excluding hydrogens is 224 g/mol. The number of nitrogens with zero attached hydrogens (tertiary/aromatic N) is 1. The summed E-state index contributed by atoms with van der Waals surface area (Å²) in [6, 6.07) is 0. The van der Waals surface area contributed by atoms with Crippen LogP contribution in [0.15, 0.2) is 0 Å². The Morgan fingerprint density at radius 2 is 2.11 bits per heavy atom. The van der Waals surface area contributed by atoms with Gasteiger partial charge in [0.1, 0.15) is 0 Å². The number of nitrogens with one attached hydrogen (secondary N) is 1. The summed E-state index contributed by atoms with van der Waals surface area (Å²) in [6.07, 6.45) is 4.27. The van der Waals surface area contributed by atoms with Gasteiger partial charge in [-0.25, -0.2) is 0 Å². The third-order valence-corrected chi connectivity index (χ3v) is 4.50. The van der Waals surface area contributed by atoms with Gasteiger partial charge in [0.05, 0.1) is 5.41 Å². The molecule has 0 aromatic rings. The van der Waals surface area contributed by atoms with E-state index < -0.39 is 0 Å². The molecule has 2 unspecified atom stereocenters. The maximum Gasteiger partial charge on any atom is 0.230 e. The van der Waals surface area contributed by atoms with Crippen LogP contribution in [0.3, 0.4) is 0 Å². The van der Waals surface area contributed by atoms with Gasteiger partial charge in [0, 0.05) is 19.6 Å². The maximum absolute atomic E-state index is 12.8. The van der Waals surface area contributed by atoms with Gasteiger partial charge in [-0.2, -0.15) is 0 Å². The molecule has 2 atom stereocenters. The fourth-order valence-electron chi connectivity index (χ4n) is 2.80. The van der Waals surface area contributed by atoms with Crippen molar-refractivity contribution in [3.8, 4) is 0 Å². The van der Waals surface area contributed by atoms with Gasteiger partial charge in [0.15, 0.2) is 0 Å². The first kappa shape index (κ1) is 15.5. The lowest BCUT2D eigenvalue weighted by Crippen LogP contribution is -2.52. The van der Waals surface area contributed by atoms with Crippen molar-refractivity contribution in [3.63, 3.8) is 0 Å². The van der Waals surface area contributed by atoms with Gasteiger partial charge in [-0.05, 0) is 38.6 Å². The Hall–Kier alpha value is -0.570. The molecule has 106 valence electrons. The van der Waals surface area contributed by atoms with E-state index in [9.17, 15) is 4.79 Å². The highest BCUT2D eigenvalue weighted by Crippen LogP contribution is 2.32. The Morgan fingerprint density at radius 1 is 1.39 bits per heavy atom. The van der Waals surface area contributed by atoms with E-state index in [-0.39, 0.29) is 5.41 Å². The van der Waals surface area contributed by atoms with Crippen LogP contribution in [0, 0.1) is 11.3 Å². The molecule has 1 saturated heterocycles. The van der Waals surface area contributed by atoms with E-state index in [0.717, 1.165) is 51.9 Å². The fourth-order valence-corrected chi connectivity index (χ4v) is 2.80. The van der Waals surface area contributed by atoms with Crippen molar-refractivity contribution in [2.75, 3.05) is 26.2 Å². The topological polar surface area (TPSA) is 32.3 Å². The van der Waals surface area contributed by atoms with E-state index in [2.05, 4.69) is 37.9 Å². The lowest BCUT2D eigenvalue weighted by atomic mass is 9.77. The van der Waals surface area contributed by atoms with Crippen molar-refractivity contribution in [1.29, 1.82) is 0 Å². The van der Waals surface area contributed by atoms with Crippen LogP contribution in [-0.2, 0) is 4.79 Å². The van der Waals surface area contributed by atoms with Crippen LogP contribution in [0.4, 0.5) is 0 Å². The molecule has 1 heterocycles. The number of carbonyl (C=O) groups is 1. The molecule has 0 radical (unpaired) electrons. The quantitative estimate of drug-likeness (QED) is 0.790. The van der Waals surface area contributed by atoms with Gasteiger partial charge in [0.25, 0.3) is 0 Å². The second-order valence-corrected chi connectivity index (χ2v) is 5.77. The van der Waals surface area contributed by atoms with Gasteiger partial charge in [-0.3, -0.25) is 4.79 Å². The Bertz CT molecular complexity index is 259. The summed E-state index contributed by atoms with van der Waals surface area (Å²) in [5, 5.41) is 3.41. The van der Waals surface area contributed by atoms with Crippen LogP contribution in [-0.4, -0.2) is 37.0 Å². The maximum atomic E-state index is 12.8. The Kier molecular flexibility index (Phi) is 6.13. The van der Waals surface area contributed by atoms with Gasteiger partial charge in [-0.15, -0.1) is 0 Å². The van der Waals surface area contributed by atoms with E-state index in [0.29, 0.717) is 11.8 Å². The smallest absolute Gasteiger partial charge is 0.230 e. The summed E-state index contributed by atoms with van der Waals surface area (Å²) in [7, 11) is 0. The zero-order valence-electron chi connectivity index (χ0n) is 12.6. The molecule has 3 nitrogen and oxygen atoms in total. The average molecular weight is 254 g/mol. The zero-order valence-corrected chi connectivity index (χ0v) is 12.6. The number of carbonyl (C=O) groups excluding carboxylic acids is 1. The predicted octanol–water partition coefficient (Wildman–Crippen LogP) is 2.66. The fraction of sp³-hybridized carbons (Fsp3) is 0.933. The van der Waals surface area contributed by atoms with Crippen LogP contribution >= 0.6 is 0 Å². The monoisotopic (exact) mass is 254 g/mol. The molecule has 0 aromatic carbocycles. The number of rotatable bonds is 6. The summed E-state index contributed by atoms with van der Waals surface area (Å²) in [5.41, 5.74) is -0.137. The second-order valence-electron chi connectivity index (χ2n) is 5.77. The summed E-state index contributed by atoms with van der Waals surface area (Å²) in [4.78, 5) is 14.9. The number of hydrogen-bond acceptors (Lipinski definition) is 2. The third-order valence-electron chi connectivity index (χ3n) is 4.50. The number of hydrogen-bond donors (Lipinski definition) is 1. The minimum absolute atomic E-state index is 0.137. The minimum Gasteiger partial charge on any atom is -0.342 e. The zero-order chi connectivity index (χ0) is 13.6. The van der Waals surface area contributed by atoms with E-state index in [1.165, 1.54) is 0 Å². The van der Waals surface area contributed by atoms with Gasteiger partial charge < -0.3 is 10.2 Å². The molecule has 1 fully saturated rings. The van der Waals surface area contributed by atoms with E-state index >= 15 is 0 Å². The summed E-state index contributed by atoms with van der Waals surface area (Å²) in [5.74, 6) is 0.972. The summed E-state index contributed by atoms with van der Waals surface area (Å²) in [6.45, 7) is 12.3. The van der Waals surface area contributed by atoms with Gasteiger partial charge >= 0.3 is 0 Å². The van der Waals surface area contributed by atoms with Crippen LogP contribution in [0.25, 0.3) is 0 Å². The Labute approximate surface area is 112 Å². The molecule has 1 rings (SSSR count). The molecule has 1 N–H and O–H groups in total. The average Bonchev–Trinajstić information content (AvgIpc) is 2.44. The van der Waals surface area contributed by atoms with Gasteiger partial charge in [-0.1, -0.05) is 27.2 Å². The molecule has 3 heteroatoms. The lowest BCUT2D eigenvalue weighted by molar-refractivity contribution is -0.144. The van der Waals surface area contributed by atoms with E-state index in [1.54, 1.807) is 0 Å². The largest absolute Gasteiger partial charge is 0.342 e. The van der Waals surface area contributed by atoms with Crippen molar-refractivity contribution in [1.82, 2.24) is 10.2 Å². The van der Waals surface area contributed by atoms with Crippen molar-refractivity contribution < 1.29 is 4.79 Å². The standard InChI is InChI=1S/C15H30N2O/c1-5-13(4)11-17(7-3)14(18)15(6-2)9-8-10-16-12-15/h13,16H,5-12H2,1-4H3. The van der Waals surface area contributed by atoms with E-state index in [1.807, 2.05) is 0 Å². The van der Waals surface area contributed by atoms with Crippen LogP contribution in [0.1, 0.15) is 53.4 Å². The third kappa shape index (κ3) is 3.47. The highest BCUT2D eigenvalue weighted by Gasteiger charge is 2.40. The minimum atomic E-state index is -0.137. The molecular formula is C15H30N2O. The Morgan fingerprint density at radius 3 is 2.56 bits per heavy atom. The SMILES string of the molecule is CCC(C)CN(CC)C(=O)C1(CC)CCCNC1. The molecule has 0 spiro atoms. The molecule has 0 bridgehead atoms. The molecule has 1 aliphatic rings.